The molecule has 7 nitrogen and oxygen atoms in total. The second kappa shape index (κ2) is 8.73. The maximum absolute atomic E-state index is 13.7. The molecule has 4 rings (SSSR count). The van der Waals surface area contributed by atoms with Crippen LogP contribution in [0.3, 0.4) is 0 Å². The summed E-state index contributed by atoms with van der Waals surface area (Å²) in [6, 6.07) is 6.72. The van der Waals surface area contributed by atoms with Crippen molar-refractivity contribution < 1.29 is 18.3 Å². The zero-order chi connectivity index (χ0) is 20.4. The Labute approximate surface area is 168 Å². The highest BCUT2D eigenvalue weighted by Crippen LogP contribution is 2.29. The van der Waals surface area contributed by atoms with Gasteiger partial charge in [0.05, 0.1) is 36.8 Å². The molecule has 9 heteroatoms. The van der Waals surface area contributed by atoms with Crippen molar-refractivity contribution in [2.45, 2.75) is 19.5 Å². The Morgan fingerprint density at radius 1 is 1.10 bits per heavy atom. The fourth-order valence-electron chi connectivity index (χ4n) is 4.14. The van der Waals surface area contributed by atoms with E-state index in [0.29, 0.717) is 62.8 Å². The molecule has 0 bridgehead atoms. The monoisotopic (exact) mass is 407 g/mol. The van der Waals surface area contributed by atoms with Crippen LogP contribution in [0.4, 0.5) is 8.78 Å². The minimum absolute atomic E-state index is 0.124. The first-order chi connectivity index (χ1) is 14.0. The van der Waals surface area contributed by atoms with Crippen molar-refractivity contribution in [2.24, 2.45) is 0 Å². The molecule has 2 saturated heterocycles. The number of morpholine rings is 1. The van der Waals surface area contributed by atoms with Gasteiger partial charge in [-0.2, -0.15) is 8.78 Å². The zero-order valence-electron chi connectivity index (χ0n) is 16.6. The molecule has 0 radical (unpaired) electrons. The van der Waals surface area contributed by atoms with Crippen molar-refractivity contribution in [2.75, 3.05) is 59.0 Å². The van der Waals surface area contributed by atoms with Gasteiger partial charge < -0.3 is 9.64 Å². The molecule has 2 aliphatic heterocycles. The largest absolute Gasteiger partial charge is 0.379 e. The van der Waals surface area contributed by atoms with Gasteiger partial charge in [-0.15, -0.1) is 0 Å². The summed E-state index contributed by atoms with van der Waals surface area (Å²) >= 11 is 0. The van der Waals surface area contributed by atoms with Gasteiger partial charge in [-0.25, -0.2) is 4.98 Å². The standard InChI is InChI=1S/C20H27F2N5O2/c1-15(19-23-16-4-2-3-5-17(16)27(19)20(21)22)25-6-8-26(9-7-25)18(28)14-24-10-12-29-13-11-24/h2-5,15,20H,6-14H2,1H3. The normalized spacial score (nSPS) is 20.5. The molecule has 0 saturated carbocycles. The smallest absolute Gasteiger partial charge is 0.320 e. The van der Waals surface area contributed by atoms with Crippen molar-refractivity contribution in [1.82, 2.24) is 24.3 Å². The van der Waals surface area contributed by atoms with Crippen LogP contribution in [0.15, 0.2) is 24.3 Å². The van der Waals surface area contributed by atoms with Gasteiger partial charge in [0.1, 0.15) is 5.82 Å². The maximum atomic E-state index is 13.7. The van der Waals surface area contributed by atoms with Crippen LogP contribution >= 0.6 is 0 Å². The quantitative estimate of drug-likeness (QED) is 0.759. The molecule has 0 N–H and O–H groups in total. The number of piperazine rings is 1. The molecule has 0 aliphatic carbocycles. The first kappa shape index (κ1) is 20.2. The summed E-state index contributed by atoms with van der Waals surface area (Å²) in [5.41, 5.74) is 1.03. The maximum Gasteiger partial charge on any atom is 0.320 e. The number of halogens is 2. The van der Waals surface area contributed by atoms with E-state index in [-0.39, 0.29) is 11.9 Å². The van der Waals surface area contributed by atoms with Gasteiger partial charge in [-0.05, 0) is 19.1 Å². The number of nitrogens with zero attached hydrogens (tertiary/aromatic N) is 5. The molecule has 29 heavy (non-hydrogen) atoms. The SMILES string of the molecule is CC(c1nc2ccccc2n1C(F)F)N1CCN(C(=O)CN2CCOCC2)CC1. The van der Waals surface area contributed by atoms with E-state index in [1.54, 1.807) is 24.3 Å². The first-order valence-corrected chi connectivity index (χ1v) is 10.1. The third kappa shape index (κ3) is 4.26. The van der Waals surface area contributed by atoms with Crippen LogP contribution in [0.25, 0.3) is 11.0 Å². The second-order valence-electron chi connectivity index (χ2n) is 7.59. The number of carbonyl (C=O) groups excluding carboxylic acids is 1. The number of imidazole rings is 1. The van der Waals surface area contributed by atoms with E-state index in [0.717, 1.165) is 17.7 Å². The van der Waals surface area contributed by atoms with Crippen molar-refractivity contribution in [3.63, 3.8) is 0 Å². The summed E-state index contributed by atoms with van der Waals surface area (Å²) in [6.45, 7) is 5.07. The summed E-state index contributed by atoms with van der Waals surface area (Å²) in [4.78, 5) is 23.2. The Morgan fingerprint density at radius 3 is 2.48 bits per heavy atom. The number of rotatable bonds is 5. The van der Waals surface area contributed by atoms with Crippen LogP contribution in [-0.4, -0.2) is 89.2 Å². The molecule has 1 unspecified atom stereocenters. The molecule has 2 aromatic rings. The fraction of sp³-hybridized carbons (Fsp3) is 0.600. The Bertz CT molecular complexity index is 845. The number of alkyl halides is 2. The number of aromatic nitrogens is 2. The van der Waals surface area contributed by atoms with Crippen molar-refractivity contribution in [1.29, 1.82) is 0 Å². The van der Waals surface area contributed by atoms with E-state index < -0.39 is 6.55 Å². The molecular formula is C20H27F2N5O2. The summed E-state index contributed by atoms with van der Waals surface area (Å²) in [6.07, 6.45) is 0. The summed E-state index contributed by atoms with van der Waals surface area (Å²) in [5, 5.41) is 0. The van der Waals surface area contributed by atoms with Gasteiger partial charge in [0.15, 0.2) is 0 Å². The second-order valence-corrected chi connectivity index (χ2v) is 7.59. The average molecular weight is 407 g/mol. The molecule has 2 fully saturated rings. The van der Waals surface area contributed by atoms with Gasteiger partial charge >= 0.3 is 6.55 Å². The van der Waals surface area contributed by atoms with Gasteiger partial charge in [-0.3, -0.25) is 19.2 Å². The highest BCUT2D eigenvalue weighted by molar-refractivity contribution is 5.78. The van der Waals surface area contributed by atoms with Crippen LogP contribution < -0.4 is 0 Å². The number of ether oxygens (including phenoxy) is 1. The average Bonchev–Trinajstić information content (AvgIpc) is 3.14. The zero-order valence-corrected chi connectivity index (χ0v) is 16.6. The Balaban J connectivity index is 1.40. The van der Waals surface area contributed by atoms with Gasteiger partial charge in [-0.1, -0.05) is 12.1 Å². The van der Waals surface area contributed by atoms with Crippen molar-refractivity contribution in [3.05, 3.63) is 30.1 Å². The van der Waals surface area contributed by atoms with Gasteiger partial charge in [0.25, 0.3) is 0 Å². The predicted octanol–water partition coefficient (Wildman–Crippen LogP) is 1.97. The molecule has 1 aromatic heterocycles. The lowest BCUT2D eigenvalue weighted by Gasteiger charge is -2.38. The molecule has 158 valence electrons. The summed E-state index contributed by atoms with van der Waals surface area (Å²) in [5.74, 6) is 0.494. The van der Waals surface area contributed by atoms with Crippen LogP contribution in [0.5, 0.6) is 0 Å². The number of fused-ring (bicyclic) bond motifs is 1. The summed E-state index contributed by atoms with van der Waals surface area (Å²) < 4.78 is 33.8. The van der Waals surface area contributed by atoms with E-state index >= 15 is 0 Å². The van der Waals surface area contributed by atoms with E-state index in [9.17, 15) is 13.6 Å². The lowest BCUT2D eigenvalue weighted by Crippen LogP contribution is -2.52. The summed E-state index contributed by atoms with van der Waals surface area (Å²) in [7, 11) is 0. The number of benzene rings is 1. The fourth-order valence-corrected chi connectivity index (χ4v) is 4.14. The van der Waals surface area contributed by atoms with Crippen LogP contribution in [0.1, 0.15) is 25.3 Å². The number of carbonyl (C=O) groups is 1. The van der Waals surface area contributed by atoms with E-state index in [1.807, 2.05) is 11.8 Å². The minimum atomic E-state index is -2.64. The molecular weight excluding hydrogens is 380 g/mol. The number of amides is 1. The Kier molecular flexibility index (Phi) is 6.07. The van der Waals surface area contributed by atoms with Crippen LogP contribution in [0.2, 0.25) is 0 Å². The highest BCUT2D eigenvalue weighted by Gasteiger charge is 2.30. The Morgan fingerprint density at radius 2 is 1.79 bits per heavy atom. The molecule has 1 amide bonds. The first-order valence-electron chi connectivity index (χ1n) is 10.1. The molecule has 1 aromatic carbocycles. The van der Waals surface area contributed by atoms with E-state index in [2.05, 4.69) is 14.8 Å². The van der Waals surface area contributed by atoms with E-state index in [4.69, 9.17) is 4.74 Å². The molecule has 3 heterocycles. The third-order valence-corrected chi connectivity index (χ3v) is 5.87. The molecule has 1 atom stereocenters. The minimum Gasteiger partial charge on any atom is -0.379 e. The van der Waals surface area contributed by atoms with Gasteiger partial charge in [0.2, 0.25) is 5.91 Å². The topological polar surface area (TPSA) is 53.8 Å². The molecule has 0 spiro atoms. The highest BCUT2D eigenvalue weighted by atomic mass is 19.3. The van der Waals surface area contributed by atoms with Crippen LogP contribution in [-0.2, 0) is 9.53 Å². The van der Waals surface area contributed by atoms with Crippen LogP contribution in [0, 0.1) is 0 Å². The van der Waals surface area contributed by atoms with Crippen molar-refractivity contribution in [3.8, 4) is 0 Å². The lowest BCUT2D eigenvalue weighted by molar-refractivity contribution is -0.135. The number of para-hydroxylation sites is 2. The Hall–Kier alpha value is -2.10. The number of hydrogen-bond donors (Lipinski definition) is 0. The predicted molar refractivity (Wildman–Crippen MR) is 105 cm³/mol. The number of hydrogen-bond acceptors (Lipinski definition) is 5. The third-order valence-electron chi connectivity index (χ3n) is 5.87. The van der Waals surface area contributed by atoms with Gasteiger partial charge in [0, 0.05) is 39.3 Å². The van der Waals surface area contributed by atoms with Crippen molar-refractivity contribution >= 4 is 16.9 Å². The lowest BCUT2D eigenvalue weighted by atomic mass is 10.2. The van der Waals surface area contributed by atoms with E-state index in [1.165, 1.54) is 0 Å². The molecule has 2 aliphatic rings.